The van der Waals surface area contributed by atoms with Crippen molar-refractivity contribution in [3.05, 3.63) is 53.6 Å². The van der Waals surface area contributed by atoms with Gasteiger partial charge in [0.15, 0.2) is 28.5 Å². The van der Waals surface area contributed by atoms with E-state index in [1.165, 1.54) is 11.8 Å². The minimum Gasteiger partial charge on any atom is -0.486 e. The molecule has 0 radical (unpaired) electrons. The molecule has 0 bridgehead atoms. The summed E-state index contributed by atoms with van der Waals surface area (Å²) in [7, 11) is 1.86. The van der Waals surface area contributed by atoms with E-state index < -0.39 is 0 Å². The highest BCUT2D eigenvalue weighted by molar-refractivity contribution is 7.99. The van der Waals surface area contributed by atoms with Crippen molar-refractivity contribution in [2.45, 2.75) is 31.7 Å². The van der Waals surface area contributed by atoms with Crippen LogP contribution in [-0.2, 0) is 13.6 Å². The molecule has 0 unspecified atom stereocenters. The second kappa shape index (κ2) is 7.71. The van der Waals surface area contributed by atoms with Gasteiger partial charge in [0.2, 0.25) is 0 Å². The number of nitrogens with zero attached hydrogens (tertiary/aromatic N) is 4. The third-order valence-electron chi connectivity index (χ3n) is 4.83. The average molecular weight is 398 g/mol. The molecular weight excluding hydrogens is 376 g/mol. The molecule has 0 fully saturated rings. The lowest BCUT2D eigenvalue weighted by molar-refractivity contribution is 0.0777. The number of ether oxygens (including phenoxy) is 2. The van der Waals surface area contributed by atoms with E-state index in [1.807, 2.05) is 51.2 Å². The molecule has 1 aliphatic heterocycles. The number of rotatable bonds is 6. The van der Waals surface area contributed by atoms with Gasteiger partial charge in [-0.15, -0.1) is 10.2 Å². The monoisotopic (exact) mass is 398 g/mol. The van der Waals surface area contributed by atoms with Gasteiger partial charge in [0.1, 0.15) is 12.9 Å². The van der Waals surface area contributed by atoms with Crippen molar-refractivity contribution in [1.82, 2.24) is 19.3 Å². The first kappa shape index (κ1) is 18.6. The fourth-order valence-electron chi connectivity index (χ4n) is 3.33. The van der Waals surface area contributed by atoms with Crippen LogP contribution >= 0.6 is 11.8 Å². The Labute approximate surface area is 167 Å². The molecule has 1 aliphatic rings. The molecule has 2 aromatic heterocycles. The summed E-state index contributed by atoms with van der Waals surface area (Å²) in [4.78, 5) is 12.7. The second-order valence-corrected chi connectivity index (χ2v) is 7.77. The van der Waals surface area contributed by atoms with Crippen molar-refractivity contribution in [2.75, 3.05) is 12.4 Å². The third-order valence-corrected chi connectivity index (χ3v) is 5.86. The van der Waals surface area contributed by atoms with Crippen LogP contribution in [0.3, 0.4) is 0 Å². The smallest absolute Gasteiger partial charge is 0.191 e. The minimum absolute atomic E-state index is 0.0820. The summed E-state index contributed by atoms with van der Waals surface area (Å²) in [5.74, 6) is 1.94. The molecule has 1 aromatic carbocycles. The summed E-state index contributed by atoms with van der Waals surface area (Å²) >= 11 is 1.39. The maximum atomic E-state index is 12.7. The van der Waals surface area contributed by atoms with Gasteiger partial charge in [-0.1, -0.05) is 23.9 Å². The highest BCUT2D eigenvalue weighted by Crippen LogP contribution is 2.31. The molecule has 8 heteroatoms. The number of aromatic nitrogens is 4. The molecule has 0 saturated carbocycles. The van der Waals surface area contributed by atoms with E-state index in [4.69, 9.17) is 9.47 Å². The SMILES string of the molecule is Cc1cc(C(=O)CSc2nncn2C)c(C)n1C[C@@H]1COc2ccccc2O1. The predicted molar refractivity (Wildman–Crippen MR) is 106 cm³/mol. The second-order valence-electron chi connectivity index (χ2n) is 6.83. The number of hydrogen-bond acceptors (Lipinski definition) is 6. The van der Waals surface area contributed by atoms with Crippen LogP contribution in [0.2, 0.25) is 0 Å². The largest absolute Gasteiger partial charge is 0.486 e. The van der Waals surface area contributed by atoms with E-state index in [1.54, 1.807) is 10.9 Å². The Kier molecular flexibility index (Phi) is 5.13. The van der Waals surface area contributed by atoms with Crippen molar-refractivity contribution in [1.29, 1.82) is 0 Å². The first-order chi connectivity index (χ1) is 13.5. The molecule has 146 valence electrons. The lowest BCUT2D eigenvalue weighted by Gasteiger charge is -2.27. The lowest BCUT2D eigenvalue weighted by atomic mass is 10.2. The number of para-hydroxylation sites is 2. The van der Waals surface area contributed by atoms with E-state index in [-0.39, 0.29) is 11.9 Å². The average Bonchev–Trinajstić information content (AvgIpc) is 3.23. The van der Waals surface area contributed by atoms with Gasteiger partial charge in [-0.3, -0.25) is 4.79 Å². The fourth-order valence-corrected chi connectivity index (χ4v) is 4.10. The number of Topliss-reactive ketones (excluding diaryl/α,β-unsaturated/α-hetero) is 1. The number of carbonyl (C=O) groups excluding carboxylic acids is 1. The minimum atomic E-state index is -0.101. The quantitative estimate of drug-likeness (QED) is 0.469. The van der Waals surface area contributed by atoms with Crippen LogP contribution in [0.5, 0.6) is 11.5 Å². The van der Waals surface area contributed by atoms with E-state index in [0.29, 0.717) is 18.9 Å². The molecule has 0 spiro atoms. The summed E-state index contributed by atoms with van der Waals surface area (Å²) < 4.78 is 15.8. The molecule has 7 nitrogen and oxygen atoms in total. The zero-order valence-corrected chi connectivity index (χ0v) is 16.9. The van der Waals surface area contributed by atoms with Gasteiger partial charge in [-0.05, 0) is 32.0 Å². The van der Waals surface area contributed by atoms with Crippen molar-refractivity contribution in [3.8, 4) is 11.5 Å². The van der Waals surface area contributed by atoms with Gasteiger partial charge in [0, 0.05) is 24.0 Å². The molecule has 4 rings (SSSR count). The highest BCUT2D eigenvalue weighted by atomic mass is 32.2. The first-order valence-electron chi connectivity index (χ1n) is 9.08. The predicted octanol–water partition coefficient (Wildman–Crippen LogP) is 3.05. The Balaban J connectivity index is 1.45. The Bertz CT molecular complexity index is 1010. The number of thioether (sulfide) groups is 1. The first-order valence-corrected chi connectivity index (χ1v) is 10.1. The molecule has 0 N–H and O–H groups in total. The van der Waals surface area contributed by atoms with Crippen LogP contribution in [0.4, 0.5) is 0 Å². The number of hydrogen-bond donors (Lipinski definition) is 0. The number of ketones is 1. The lowest BCUT2D eigenvalue weighted by Crippen LogP contribution is -2.33. The Morgan fingerprint density at radius 1 is 1.29 bits per heavy atom. The number of aryl methyl sites for hydroxylation is 2. The summed E-state index contributed by atoms with van der Waals surface area (Å²) in [6.45, 7) is 5.11. The van der Waals surface area contributed by atoms with Gasteiger partial charge in [-0.25, -0.2) is 0 Å². The fraction of sp³-hybridized carbons (Fsp3) is 0.350. The summed E-state index contributed by atoms with van der Waals surface area (Å²) in [6, 6.07) is 9.63. The van der Waals surface area contributed by atoms with Crippen molar-refractivity contribution >= 4 is 17.5 Å². The molecule has 28 heavy (non-hydrogen) atoms. The highest BCUT2D eigenvalue weighted by Gasteiger charge is 2.24. The summed E-state index contributed by atoms with van der Waals surface area (Å²) in [5, 5.41) is 8.58. The van der Waals surface area contributed by atoms with E-state index >= 15 is 0 Å². The molecule has 0 aliphatic carbocycles. The van der Waals surface area contributed by atoms with Crippen LogP contribution in [0.15, 0.2) is 41.8 Å². The number of carbonyl (C=O) groups is 1. The Hall–Kier alpha value is -2.74. The molecule has 3 heterocycles. The van der Waals surface area contributed by atoms with Gasteiger partial charge < -0.3 is 18.6 Å². The van der Waals surface area contributed by atoms with Crippen molar-refractivity contribution < 1.29 is 14.3 Å². The van der Waals surface area contributed by atoms with Gasteiger partial charge in [0.05, 0.1) is 12.3 Å². The molecule has 0 amide bonds. The number of benzene rings is 1. The van der Waals surface area contributed by atoms with Gasteiger partial charge in [0.25, 0.3) is 0 Å². The molecule has 3 aromatic rings. The van der Waals surface area contributed by atoms with E-state index in [9.17, 15) is 4.79 Å². The Morgan fingerprint density at radius 2 is 2.07 bits per heavy atom. The van der Waals surface area contributed by atoms with Gasteiger partial charge >= 0.3 is 0 Å². The zero-order chi connectivity index (χ0) is 19.7. The zero-order valence-electron chi connectivity index (χ0n) is 16.1. The van der Waals surface area contributed by atoms with E-state index in [0.717, 1.165) is 33.6 Å². The number of fused-ring (bicyclic) bond motifs is 1. The van der Waals surface area contributed by atoms with Gasteiger partial charge in [-0.2, -0.15) is 0 Å². The van der Waals surface area contributed by atoms with Crippen LogP contribution in [0, 0.1) is 13.8 Å². The van der Waals surface area contributed by atoms with Crippen molar-refractivity contribution in [2.24, 2.45) is 7.05 Å². The summed E-state index contributed by atoms with van der Waals surface area (Å²) in [6.07, 6.45) is 1.53. The molecule has 0 saturated heterocycles. The Morgan fingerprint density at radius 3 is 2.82 bits per heavy atom. The standard InChI is InChI=1S/C20H22N4O3S/c1-13-8-16(17(25)11-28-20-22-21-12-23(20)3)14(2)24(13)9-15-10-26-18-6-4-5-7-19(18)27-15/h4-8,12,15H,9-11H2,1-3H3/t15-/m1/s1. The maximum absolute atomic E-state index is 12.7. The molecular formula is C20H22N4O3S. The maximum Gasteiger partial charge on any atom is 0.191 e. The summed E-state index contributed by atoms with van der Waals surface area (Å²) in [5.41, 5.74) is 2.72. The molecule has 1 atom stereocenters. The topological polar surface area (TPSA) is 71.2 Å². The third kappa shape index (κ3) is 3.64. The normalized spacial score (nSPS) is 15.6. The van der Waals surface area contributed by atoms with Crippen LogP contribution in [0.25, 0.3) is 0 Å². The van der Waals surface area contributed by atoms with Crippen molar-refractivity contribution in [3.63, 3.8) is 0 Å². The van der Waals surface area contributed by atoms with Crippen LogP contribution in [0.1, 0.15) is 21.7 Å². The van der Waals surface area contributed by atoms with Crippen LogP contribution in [-0.4, -0.2) is 43.6 Å². The van der Waals surface area contributed by atoms with E-state index in [2.05, 4.69) is 14.8 Å². The van der Waals surface area contributed by atoms with Crippen LogP contribution < -0.4 is 9.47 Å².